The minimum atomic E-state index is -2.11. The zero-order valence-corrected chi connectivity index (χ0v) is 14.4. The van der Waals surface area contributed by atoms with Gasteiger partial charge in [-0.3, -0.25) is 0 Å². The average Bonchev–Trinajstić information content (AvgIpc) is 2.66. The van der Waals surface area contributed by atoms with Crippen molar-refractivity contribution in [3.05, 3.63) is 72.8 Å². The van der Waals surface area contributed by atoms with Crippen molar-refractivity contribution in [2.75, 3.05) is 7.11 Å². The molecule has 4 heteroatoms. The van der Waals surface area contributed by atoms with Gasteiger partial charge >= 0.3 is 0 Å². The highest BCUT2D eigenvalue weighted by Crippen LogP contribution is 2.43. The minimum Gasteiger partial charge on any atom is -0.496 e. The second-order valence-corrected chi connectivity index (χ2v) is 6.71. The van der Waals surface area contributed by atoms with E-state index in [4.69, 9.17) is 4.74 Å². The lowest BCUT2D eigenvalue weighted by Gasteiger charge is -2.17. The molecule has 0 heterocycles. The van der Waals surface area contributed by atoms with Crippen LogP contribution in [0.5, 0.6) is 5.75 Å². The lowest BCUT2D eigenvalue weighted by atomic mass is 9.93. The van der Waals surface area contributed by atoms with Crippen molar-refractivity contribution >= 4 is 32.6 Å². The standard InChI is InChI=1S/C21H16O3S/c1-24-18-12-10-14-6-2-4-8-16(14)20(18)21-17-9-5-3-7-15(17)11-13-19(21)25(22)23/h2-13H,1H3,(H,22,23). The normalized spacial score (nSPS) is 12.4. The van der Waals surface area contributed by atoms with Gasteiger partial charge in [-0.2, -0.15) is 0 Å². The molecule has 1 atom stereocenters. The maximum Gasteiger partial charge on any atom is 0.187 e. The van der Waals surface area contributed by atoms with Crippen LogP contribution in [0.3, 0.4) is 0 Å². The molecule has 0 aliphatic carbocycles. The molecule has 0 aromatic heterocycles. The Balaban J connectivity index is 2.24. The van der Waals surface area contributed by atoms with Crippen molar-refractivity contribution in [2.45, 2.75) is 4.90 Å². The van der Waals surface area contributed by atoms with Crippen LogP contribution in [0.2, 0.25) is 0 Å². The van der Waals surface area contributed by atoms with Gasteiger partial charge in [-0.05, 0) is 33.7 Å². The second kappa shape index (κ2) is 6.31. The smallest absolute Gasteiger partial charge is 0.187 e. The first-order valence-electron chi connectivity index (χ1n) is 7.89. The summed E-state index contributed by atoms with van der Waals surface area (Å²) in [6.45, 7) is 0. The largest absolute Gasteiger partial charge is 0.496 e. The summed E-state index contributed by atoms with van der Waals surface area (Å²) >= 11 is -2.11. The number of ether oxygens (including phenoxy) is 1. The van der Waals surface area contributed by atoms with Crippen LogP contribution in [0.15, 0.2) is 77.7 Å². The summed E-state index contributed by atoms with van der Waals surface area (Å²) in [5.41, 5.74) is 1.59. The molecule has 0 fully saturated rings. The fourth-order valence-electron chi connectivity index (χ4n) is 3.33. The van der Waals surface area contributed by atoms with Gasteiger partial charge in [-0.15, -0.1) is 0 Å². The molecule has 25 heavy (non-hydrogen) atoms. The van der Waals surface area contributed by atoms with E-state index in [1.165, 1.54) is 0 Å². The van der Waals surface area contributed by atoms with Crippen LogP contribution >= 0.6 is 0 Å². The third kappa shape index (κ3) is 2.60. The van der Waals surface area contributed by atoms with E-state index >= 15 is 0 Å². The minimum absolute atomic E-state index is 0.383. The van der Waals surface area contributed by atoms with Crippen LogP contribution in [-0.2, 0) is 11.1 Å². The molecule has 4 aromatic carbocycles. The first-order valence-corrected chi connectivity index (χ1v) is 9.00. The van der Waals surface area contributed by atoms with Gasteiger partial charge in [0, 0.05) is 11.1 Å². The highest BCUT2D eigenvalue weighted by Gasteiger charge is 2.19. The fourth-order valence-corrected chi connectivity index (χ4v) is 3.91. The average molecular weight is 348 g/mol. The van der Waals surface area contributed by atoms with Crippen molar-refractivity contribution in [1.29, 1.82) is 0 Å². The molecule has 0 saturated heterocycles. The molecule has 0 aliphatic rings. The predicted octanol–water partition coefficient (Wildman–Crippen LogP) is 5.25. The molecular formula is C21H16O3S. The number of benzene rings is 4. The van der Waals surface area contributed by atoms with Gasteiger partial charge in [-0.1, -0.05) is 60.7 Å². The lowest BCUT2D eigenvalue weighted by Crippen LogP contribution is -1.97. The summed E-state index contributed by atoms with van der Waals surface area (Å²) < 4.78 is 27.5. The Morgan fingerprint density at radius 3 is 1.92 bits per heavy atom. The van der Waals surface area contributed by atoms with Crippen molar-refractivity contribution in [3.8, 4) is 16.9 Å². The van der Waals surface area contributed by atoms with E-state index in [1.807, 2.05) is 66.7 Å². The van der Waals surface area contributed by atoms with Crippen LogP contribution in [0.1, 0.15) is 0 Å². The zero-order chi connectivity index (χ0) is 17.4. The predicted molar refractivity (Wildman–Crippen MR) is 102 cm³/mol. The SMILES string of the molecule is COc1ccc2ccccc2c1-c1c(S(=O)O)ccc2ccccc12. The molecule has 4 aromatic rings. The first kappa shape index (κ1) is 15.8. The van der Waals surface area contributed by atoms with Gasteiger partial charge < -0.3 is 9.29 Å². The molecule has 0 radical (unpaired) electrons. The molecule has 3 nitrogen and oxygen atoms in total. The van der Waals surface area contributed by atoms with Crippen molar-refractivity contribution in [2.24, 2.45) is 0 Å². The Kier molecular flexibility index (Phi) is 3.99. The van der Waals surface area contributed by atoms with Crippen LogP contribution < -0.4 is 4.74 Å². The summed E-state index contributed by atoms with van der Waals surface area (Å²) in [5.74, 6) is 0.682. The molecule has 1 N–H and O–H groups in total. The summed E-state index contributed by atoms with van der Waals surface area (Å²) in [6.07, 6.45) is 0. The van der Waals surface area contributed by atoms with Crippen molar-refractivity contribution < 1.29 is 13.5 Å². The second-order valence-electron chi connectivity index (χ2n) is 5.77. The van der Waals surface area contributed by atoms with E-state index in [1.54, 1.807) is 13.2 Å². The Morgan fingerprint density at radius 1 is 0.760 bits per heavy atom. The van der Waals surface area contributed by atoms with Crippen LogP contribution in [0.4, 0.5) is 0 Å². The highest BCUT2D eigenvalue weighted by molar-refractivity contribution is 7.79. The van der Waals surface area contributed by atoms with Gasteiger partial charge in [0.25, 0.3) is 0 Å². The summed E-state index contributed by atoms with van der Waals surface area (Å²) in [7, 11) is 1.62. The summed E-state index contributed by atoms with van der Waals surface area (Å²) in [6, 6.07) is 23.4. The van der Waals surface area contributed by atoms with E-state index in [9.17, 15) is 8.76 Å². The number of rotatable bonds is 3. The van der Waals surface area contributed by atoms with Crippen LogP contribution in [-0.4, -0.2) is 15.9 Å². The number of methoxy groups -OCH3 is 1. The van der Waals surface area contributed by atoms with E-state index in [0.717, 1.165) is 32.7 Å². The number of hydrogen-bond donors (Lipinski definition) is 1. The lowest BCUT2D eigenvalue weighted by molar-refractivity contribution is 0.417. The first-order chi connectivity index (χ1) is 12.2. The Morgan fingerprint density at radius 2 is 1.32 bits per heavy atom. The Hall–Kier alpha value is -2.69. The van der Waals surface area contributed by atoms with E-state index in [-0.39, 0.29) is 0 Å². The molecule has 124 valence electrons. The van der Waals surface area contributed by atoms with Gasteiger partial charge in [0.05, 0.1) is 12.0 Å². The Bertz CT molecular complexity index is 1120. The molecule has 0 saturated carbocycles. The van der Waals surface area contributed by atoms with Gasteiger partial charge in [0.1, 0.15) is 5.75 Å². The van der Waals surface area contributed by atoms with Crippen LogP contribution in [0.25, 0.3) is 32.7 Å². The number of fused-ring (bicyclic) bond motifs is 2. The summed E-state index contributed by atoms with van der Waals surface area (Å²) in [4.78, 5) is 0.383. The van der Waals surface area contributed by atoms with E-state index < -0.39 is 11.1 Å². The molecule has 0 bridgehead atoms. The highest BCUT2D eigenvalue weighted by atomic mass is 32.2. The molecule has 1 unspecified atom stereocenters. The molecule has 0 aliphatic heterocycles. The quantitative estimate of drug-likeness (QED) is 0.514. The van der Waals surface area contributed by atoms with Gasteiger partial charge in [0.15, 0.2) is 11.1 Å². The molecular weight excluding hydrogens is 332 g/mol. The van der Waals surface area contributed by atoms with Gasteiger partial charge in [-0.25, -0.2) is 4.21 Å². The monoisotopic (exact) mass is 348 g/mol. The maximum atomic E-state index is 12.0. The fraction of sp³-hybridized carbons (Fsp3) is 0.0476. The van der Waals surface area contributed by atoms with Crippen molar-refractivity contribution in [3.63, 3.8) is 0 Å². The Labute approximate surface area is 148 Å². The molecule has 4 rings (SSSR count). The van der Waals surface area contributed by atoms with Crippen LogP contribution in [0, 0.1) is 0 Å². The topological polar surface area (TPSA) is 46.5 Å². The summed E-state index contributed by atoms with van der Waals surface area (Å²) in [5, 5.41) is 3.99. The molecule has 0 amide bonds. The third-order valence-corrected chi connectivity index (χ3v) is 5.16. The molecule has 0 spiro atoms. The van der Waals surface area contributed by atoms with Gasteiger partial charge in [0.2, 0.25) is 0 Å². The van der Waals surface area contributed by atoms with E-state index in [0.29, 0.717) is 10.6 Å². The van der Waals surface area contributed by atoms with Crippen molar-refractivity contribution in [1.82, 2.24) is 0 Å². The maximum absolute atomic E-state index is 12.0. The van der Waals surface area contributed by atoms with E-state index in [2.05, 4.69) is 0 Å². The zero-order valence-electron chi connectivity index (χ0n) is 13.6. The third-order valence-electron chi connectivity index (χ3n) is 4.44. The number of hydrogen-bond acceptors (Lipinski definition) is 2.